The molecule has 1 aromatic rings. The van der Waals surface area contributed by atoms with Crippen molar-refractivity contribution in [2.45, 2.75) is 27.7 Å². The predicted molar refractivity (Wildman–Crippen MR) is 83.6 cm³/mol. The Kier molecular flexibility index (Phi) is 6.21. The first kappa shape index (κ1) is 17.0. The van der Waals surface area contributed by atoms with Crippen LogP contribution in [0, 0.1) is 18.8 Å². The first-order valence-electron chi connectivity index (χ1n) is 7.15. The molecule has 0 saturated heterocycles. The van der Waals surface area contributed by atoms with Crippen LogP contribution in [0.25, 0.3) is 0 Å². The van der Waals surface area contributed by atoms with Crippen molar-refractivity contribution in [3.05, 3.63) is 29.8 Å². The van der Waals surface area contributed by atoms with Crippen LogP contribution in [0.2, 0.25) is 0 Å². The van der Waals surface area contributed by atoms with Crippen molar-refractivity contribution in [3.8, 4) is 0 Å². The van der Waals surface area contributed by atoms with E-state index >= 15 is 0 Å². The molecule has 1 unspecified atom stereocenters. The zero-order valence-electron chi connectivity index (χ0n) is 13.1. The van der Waals surface area contributed by atoms with Gasteiger partial charge < -0.3 is 10.4 Å². The van der Waals surface area contributed by atoms with Crippen LogP contribution in [0.3, 0.4) is 0 Å². The maximum Gasteiger partial charge on any atom is 0.323 e. The molecule has 0 aliphatic heterocycles. The van der Waals surface area contributed by atoms with E-state index in [0.29, 0.717) is 24.1 Å². The number of urea groups is 1. The Hall–Kier alpha value is -2.04. The maximum absolute atomic E-state index is 12.2. The van der Waals surface area contributed by atoms with Gasteiger partial charge in [0, 0.05) is 12.2 Å². The molecule has 5 nitrogen and oxygen atoms in total. The number of aryl methyl sites for hydroxylation is 1. The molecule has 116 valence electrons. The summed E-state index contributed by atoms with van der Waals surface area (Å²) >= 11 is 0. The van der Waals surface area contributed by atoms with Crippen LogP contribution in [-0.4, -0.2) is 30.2 Å². The lowest BCUT2D eigenvalue weighted by atomic mass is 9.98. The number of hydrogen-bond donors (Lipinski definition) is 2. The van der Waals surface area contributed by atoms with Crippen molar-refractivity contribution < 1.29 is 14.7 Å². The predicted octanol–water partition coefficient (Wildman–Crippen LogP) is 2.89. The highest BCUT2D eigenvalue weighted by atomic mass is 16.4. The Morgan fingerprint density at radius 2 is 1.76 bits per heavy atom. The largest absolute Gasteiger partial charge is 0.480 e. The fourth-order valence-corrected chi connectivity index (χ4v) is 1.72. The van der Waals surface area contributed by atoms with Crippen LogP contribution in [0.4, 0.5) is 10.5 Å². The third-order valence-corrected chi connectivity index (χ3v) is 3.60. The average molecular weight is 292 g/mol. The average Bonchev–Trinajstić information content (AvgIpc) is 2.42. The van der Waals surface area contributed by atoms with Gasteiger partial charge in [0.25, 0.3) is 0 Å². The van der Waals surface area contributed by atoms with E-state index in [1.54, 1.807) is 12.1 Å². The number of nitrogens with zero attached hydrogens (tertiary/aromatic N) is 1. The highest BCUT2D eigenvalue weighted by molar-refractivity contribution is 5.96. The van der Waals surface area contributed by atoms with Crippen LogP contribution in [-0.2, 0) is 4.79 Å². The van der Waals surface area contributed by atoms with E-state index in [4.69, 9.17) is 5.11 Å². The highest BCUT2D eigenvalue weighted by Crippen LogP contribution is 2.15. The number of anilines is 1. The van der Waals surface area contributed by atoms with Gasteiger partial charge in [-0.2, -0.15) is 0 Å². The Morgan fingerprint density at radius 3 is 2.24 bits per heavy atom. The molecule has 0 aromatic heterocycles. The number of nitrogens with one attached hydrogen (secondary N) is 1. The molecule has 0 bridgehead atoms. The monoisotopic (exact) mass is 292 g/mol. The number of aliphatic carboxylic acids is 1. The number of rotatable bonds is 6. The van der Waals surface area contributed by atoms with Crippen molar-refractivity contribution in [3.63, 3.8) is 0 Å². The van der Waals surface area contributed by atoms with Gasteiger partial charge in [-0.05, 0) is 30.9 Å². The number of hydrogen-bond acceptors (Lipinski definition) is 2. The van der Waals surface area contributed by atoms with E-state index < -0.39 is 5.97 Å². The molecule has 2 amide bonds. The quantitative estimate of drug-likeness (QED) is 0.847. The molecule has 1 aromatic carbocycles. The second-order valence-corrected chi connectivity index (χ2v) is 5.72. The van der Waals surface area contributed by atoms with Gasteiger partial charge in [0.05, 0.1) is 0 Å². The SMILES string of the molecule is Cc1ccc(N(CC(=O)O)C(=O)NCC(C)C(C)C)cc1. The zero-order valence-corrected chi connectivity index (χ0v) is 13.1. The van der Waals surface area contributed by atoms with Crippen molar-refractivity contribution in [2.24, 2.45) is 11.8 Å². The van der Waals surface area contributed by atoms with Crippen LogP contribution in [0.15, 0.2) is 24.3 Å². The number of carbonyl (C=O) groups is 2. The summed E-state index contributed by atoms with van der Waals surface area (Å²) in [7, 11) is 0. The Bertz CT molecular complexity index is 483. The Labute approximate surface area is 126 Å². The van der Waals surface area contributed by atoms with Gasteiger partial charge in [-0.1, -0.05) is 38.5 Å². The lowest BCUT2D eigenvalue weighted by Crippen LogP contribution is -2.44. The second-order valence-electron chi connectivity index (χ2n) is 5.72. The molecule has 1 rings (SSSR count). The van der Waals surface area contributed by atoms with Crippen molar-refractivity contribution in [1.82, 2.24) is 5.32 Å². The van der Waals surface area contributed by atoms with Crippen LogP contribution in [0.1, 0.15) is 26.3 Å². The van der Waals surface area contributed by atoms with Crippen molar-refractivity contribution >= 4 is 17.7 Å². The van der Waals surface area contributed by atoms with E-state index in [9.17, 15) is 9.59 Å². The summed E-state index contributed by atoms with van der Waals surface area (Å²) in [6.07, 6.45) is 0. The van der Waals surface area contributed by atoms with E-state index in [-0.39, 0.29) is 12.6 Å². The van der Waals surface area contributed by atoms with Gasteiger partial charge in [0.2, 0.25) is 0 Å². The van der Waals surface area contributed by atoms with E-state index in [0.717, 1.165) is 5.56 Å². The lowest BCUT2D eigenvalue weighted by molar-refractivity contribution is -0.135. The normalized spacial score (nSPS) is 12.0. The van der Waals surface area contributed by atoms with Gasteiger partial charge in [-0.3, -0.25) is 9.69 Å². The van der Waals surface area contributed by atoms with Crippen LogP contribution >= 0.6 is 0 Å². The van der Waals surface area contributed by atoms with Crippen LogP contribution < -0.4 is 10.2 Å². The molecule has 0 aliphatic rings. The number of amides is 2. The van der Waals surface area contributed by atoms with Gasteiger partial charge in [-0.25, -0.2) is 4.79 Å². The summed E-state index contributed by atoms with van der Waals surface area (Å²) in [5, 5.41) is 11.8. The smallest absolute Gasteiger partial charge is 0.323 e. The zero-order chi connectivity index (χ0) is 16.0. The number of benzene rings is 1. The Morgan fingerprint density at radius 1 is 1.19 bits per heavy atom. The third-order valence-electron chi connectivity index (χ3n) is 3.60. The molecule has 21 heavy (non-hydrogen) atoms. The summed E-state index contributed by atoms with van der Waals surface area (Å²) < 4.78 is 0. The number of carbonyl (C=O) groups excluding carboxylic acids is 1. The molecular weight excluding hydrogens is 268 g/mol. The fourth-order valence-electron chi connectivity index (χ4n) is 1.72. The van der Waals surface area contributed by atoms with Gasteiger partial charge in [0.15, 0.2) is 0 Å². The summed E-state index contributed by atoms with van der Waals surface area (Å²) in [5.41, 5.74) is 1.64. The summed E-state index contributed by atoms with van der Waals surface area (Å²) in [6, 6.07) is 6.84. The van der Waals surface area contributed by atoms with Gasteiger partial charge in [-0.15, -0.1) is 0 Å². The molecule has 2 N–H and O–H groups in total. The fraction of sp³-hybridized carbons (Fsp3) is 0.500. The molecule has 0 aliphatic carbocycles. The minimum atomic E-state index is -1.04. The molecule has 0 radical (unpaired) electrons. The first-order chi connectivity index (χ1) is 9.81. The highest BCUT2D eigenvalue weighted by Gasteiger charge is 2.19. The molecule has 0 fully saturated rings. The molecular formula is C16H24N2O3. The molecule has 1 atom stereocenters. The summed E-state index contributed by atoms with van der Waals surface area (Å²) in [6.45, 7) is 8.34. The molecule has 0 heterocycles. The maximum atomic E-state index is 12.2. The minimum absolute atomic E-state index is 0.332. The molecule has 5 heteroatoms. The summed E-state index contributed by atoms with van der Waals surface area (Å²) in [5.74, 6) is -0.251. The van der Waals surface area contributed by atoms with Gasteiger partial charge in [0.1, 0.15) is 6.54 Å². The number of carboxylic acids is 1. The van der Waals surface area contributed by atoms with Crippen molar-refractivity contribution in [2.75, 3.05) is 18.0 Å². The van der Waals surface area contributed by atoms with E-state index in [1.165, 1.54) is 4.90 Å². The Balaban J connectivity index is 2.79. The summed E-state index contributed by atoms with van der Waals surface area (Å²) in [4.78, 5) is 24.5. The van der Waals surface area contributed by atoms with E-state index in [1.807, 2.05) is 19.1 Å². The van der Waals surface area contributed by atoms with Crippen LogP contribution in [0.5, 0.6) is 0 Å². The molecule has 0 spiro atoms. The van der Waals surface area contributed by atoms with Crippen molar-refractivity contribution in [1.29, 1.82) is 0 Å². The molecule has 0 saturated carbocycles. The first-order valence-corrected chi connectivity index (χ1v) is 7.15. The van der Waals surface area contributed by atoms with Gasteiger partial charge >= 0.3 is 12.0 Å². The third kappa shape index (κ3) is 5.45. The number of carboxylic acid groups (broad SMARTS) is 1. The lowest BCUT2D eigenvalue weighted by Gasteiger charge is -2.23. The second kappa shape index (κ2) is 7.67. The topological polar surface area (TPSA) is 69.6 Å². The van der Waals surface area contributed by atoms with E-state index in [2.05, 4.69) is 26.1 Å². The minimum Gasteiger partial charge on any atom is -0.480 e. The standard InChI is InChI=1S/C16H24N2O3/c1-11(2)13(4)9-17-16(21)18(10-15(19)20)14-7-5-12(3)6-8-14/h5-8,11,13H,9-10H2,1-4H3,(H,17,21)(H,19,20).